The summed E-state index contributed by atoms with van der Waals surface area (Å²) in [7, 11) is 0. The van der Waals surface area contributed by atoms with Gasteiger partial charge in [-0.25, -0.2) is 0 Å². The van der Waals surface area contributed by atoms with Gasteiger partial charge >= 0.3 is 0 Å². The Balaban J connectivity index is 2.34. The fourth-order valence-electron chi connectivity index (χ4n) is 1.77. The summed E-state index contributed by atoms with van der Waals surface area (Å²) in [6.45, 7) is 1.11. The minimum atomic E-state index is 0.146. The Morgan fingerprint density at radius 1 is 1.44 bits per heavy atom. The Kier molecular flexibility index (Phi) is 3.58. The molecular formula is C13H14N2S. The lowest BCUT2D eigenvalue weighted by Gasteiger charge is -2.14. The highest BCUT2D eigenvalue weighted by Gasteiger charge is 2.12. The predicted octanol–water partition coefficient (Wildman–Crippen LogP) is 2.12. The smallest absolute Gasteiger partial charge is 0.0578 e. The predicted molar refractivity (Wildman–Crippen MR) is 70.5 cm³/mol. The van der Waals surface area contributed by atoms with Crippen molar-refractivity contribution in [2.24, 2.45) is 5.73 Å². The average Bonchev–Trinajstić information content (AvgIpc) is 2.75. The third-order valence-corrected chi connectivity index (χ3v) is 3.55. The van der Waals surface area contributed by atoms with E-state index in [1.165, 1.54) is 15.6 Å². The number of nitrogens with one attached hydrogen (secondary N) is 1. The van der Waals surface area contributed by atoms with Crippen LogP contribution >= 0.6 is 11.3 Å². The molecule has 0 aliphatic carbocycles. The molecule has 0 bridgehead atoms. The van der Waals surface area contributed by atoms with E-state index in [0.717, 1.165) is 0 Å². The van der Waals surface area contributed by atoms with Crippen molar-refractivity contribution in [3.05, 3.63) is 35.2 Å². The molecule has 0 aliphatic rings. The van der Waals surface area contributed by atoms with E-state index in [4.69, 9.17) is 12.2 Å². The number of hydrogen-bond acceptors (Lipinski definition) is 3. The van der Waals surface area contributed by atoms with E-state index in [0.29, 0.717) is 13.1 Å². The van der Waals surface area contributed by atoms with E-state index in [1.54, 1.807) is 11.3 Å². The summed E-state index contributed by atoms with van der Waals surface area (Å²) in [5.41, 5.74) is 7.02. The van der Waals surface area contributed by atoms with Crippen molar-refractivity contribution < 1.29 is 0 Å². The van der Waals surface area contributed by atoms with E-state index in [1.807, 2.05) is 6.07 Å². The molecular weight excluding hydrogens is 216 g/mol. The van der Waals surface area contributed by atoms with Gasteiger partial charge in [-0.3, -0.25) is 5.32 Å². The van der Waals surface area contributed by atoms with E-state index >= 15 is 0 Å². The molecule has 1 atom stereocenters. The molecule has 0 fully saturated rings. The van der Waals surface area contributed by atoms with Crippen molar-refractivity contribution in [3.63, 3.8) is 0 Å². The highest BCUT2D eigenvalue weighted by atomic mass is 32.1. The topological polar surface area (TPSA) is 38.0 Å². The van der Waals surface area contributed by atoms with Gasteiger partial charge in [0.15, 0.2) is 0 Å². The first kappa shape index (κ1) is 11.2. The Labute approximate surface area is 99.5 Å². The van der Waals surface area contributed by atoms with Gasteiger partial charge in [-0.15, -0.1) is 17.8 Å². The summed E-state index contributed by atoms with van der Waals surface area (Å²) in [4.78, 5) is 0. The summed E-state index contributed by atoms with van der Waals surface area (Å²) < 4.78 is 1.29. The van der Waals surface area contributed by atoms with Crippen molar-refractivity contribution in [1.82, 2.24) is 5.32 Å². The van der Waals surface area contributed by atoms with Crippen LogP contribution in [0.15, 0.2) is 29.6 Å². The molecule has 2 aromatic rings. The van der Waals surface area contributed by atoms with Crippen LogP contribution in [0.1, 0.15) is 11.6 Å². The van der Waals surface area contributed by atoms with E-state index in [-0.39, 0.29) is 6.04 Å². The Hall–Kier alpha value is -1.34. The number of terminal acetylenes is 1. The number of benzene rings is 1. The first-order valence-corrected chi connectivity index (χ1v) is 6.08. The first-order valence-electron chi connectivity index (χ1n) is 5.20. The SMILES string of the molecule is C#CCNC(CN)c1csc2ccccc12. The molecule has 1 heterocycles. The van der Waals surface area contributed by atoms with Crippen LogP contribution in [0.3, 0.4) is 0 Å². The Morgan fingerprint density at radius 2 is 2.25 bits per heavy atom. The maximum Gasteiger partial charge on any atom is 0.0578 e. The molecule has 0 saturated carbocycles. The van der Waals surface area contributed by atoms with Gasteiger partial charge in [0.25, 0.3) is 0 Å². The highest BCUT2D eigenvalue weighted by Crippen LogP contribution is 2.29. The molecule has 1 aromatic carbocycles. The lowest BCUT2D eigenvalue weighted by molar-refractivity contribution is 0.587. The number of rotatable bonds is 4. The van der Waals surface area contributed by atoms with Crippen molar-refractivity contribution in [2.45, 2.75) is 6.04 Å². The molecule has 0 radical (unpaired) electrons. The molecule has 2 nitrogen and oxygen atoms in total. The van der Waals surface area contributed by atoms with Crippen LogP contribution in [0.4, 0.5) is 0 Å². The molecule has 1 unspecified atom stereocenters. The van der Waals surface area contributed by atoms with Gasteiger partial charge in [0.05, 0.1) is 6.54 Å². The van der Waals surface area contributed by atoms with Crippen molar-refractivity contribution >= 4 is 21.4 Å². The molecule has 16 heavy (non-hydrogen) atoms. The van der Waals surface area contributed by atoms with Gasteiger partial charge in [0.1, 0.15) is 0 Å². The second-order valence-electron chi connectivity index (χ2n) is 3.56. The molecule has 0 spiro atoms. The normalized spacial score (nSPS) is 12.5. The van der Waals surface area contributed by atoms with Gasteiger partial charge in [0, 0.05) is 17.3 Å². The second kappa shape index (κ2) is 5.13. The molecule has 82 valence electrons. The van der Waals surface area contributed by atoms with E-state index in [9.17, 15) is 0 Å². The molecule has 3 heteroatoms. The maximum atomic E-state index is 5.77. The quantitative estimate of drug-likeness (QED) is 0.790. The summed E-state index contributed by atoms with van der Waals surface area (Å²) in [5.74, 6) is 2.58. The number of thiophene rings is 1. The van der Waals surface area contributed by atoms with Crippen molar-refractivity contribution in [2.75, 3.05) is 13.1 Å². The number of hydrogen-bond donors (Lipinski definition) is 2. The zero-order valence-electron chi connectivity index (χ0n) is 8.94. The zero-order chi connectivity index (χ0) is 11.4. The molecule has 0 aliphatic heterocycles. The van der Waals surface area contributed by atoms with E-state index in [2.05, 4.69) is 34.8 Å². The highest BCUT2D eigenvalue weighted by molar-refractivity contribution is 7.17. The van der Waals surface area contributed by atoms with Crippen molar-refractivity contribution in [1.29, 1.82) is 0 Å². The third-order valence-electron chi connectivity index (χ3n) is 2.57. The monoisotopic (exact) mass is 230 g/mol. The van der Waals surface area contributed by atoms with Crippen molar-refractivity contribution in [3.8, 4) is 12.3 Å². The van der Waals surface area contributed by atoms with Gasteiger partial charge in [0.2, 0.25) is 0 Å². The van der Waals surface area contributed by atoms with Crippen LogP contribution in [-0.4, -0.2) is 13.1 Å². The zero-order valence-corrected chi connectivity index (χ0v) is 9.76. The minimum Gasteiger partial charge on any atom is -0.329 e. The van der Waals surface area contributed by atoms with Gasteiger partial charge in [-0.1, -0.05) is 24.1 Å². The second-order valence-corrected chi connectivity index (χ2v) is 4.47. The molecule has 2 rings (SSSR count). The summed E-state index contributed by atoms with van der Waals surface area (Å²) in [6.07, 6.45) is 5.25. The molecule has 1 aromatic heterocycles. The van der Waals surface area contributed by atoms with Crippen LogP contribution < -0.4 is 11.1 Å². The Morgan fingerprint density at radius 3 is 3.00 bits per heavy atom. The fraction of sp³-hybridized carbons (Fsp3) is 0.231. The number of nitrogens with two attached hydrogens (primary N) is 1. The number of fused-ring (bicyclic) bond motifs is 1. The Bertz CT molecular complexity index is 510. The van der Waals surface area contributed by atoms with Crippen LogP contribution in [0.25, 0.3) is 10.1 Å². The third kappa shape index (κ3) is 2.10. The maximum absolute atomic E-state index is 5.77. The van der Waals surface area contributed by atoms with E-state index < -0.39 is 0 Å². The largest absolute Gasteiger partial charge is 0.329 e. The first-order chi connectivity index (χ1) is 7.86. The molecule has 0 saturated heterocycles. The molecule has 3 N–H and O–H groups in total. The minimum absolute atomic E-state index is 0.146. The standard InChI is InChI=1S/C13H14N2S/c1-2-7-15-12(8-14)11-9-16-13-6-4-3-5-10(11)13/h1,3-6,9,12,15H,7-8,14H2. The average molecular weight is 230 g/mol. The molecule has 0 amide bonds. The lowest BCUT2D eigenvalue weighted by atomic mass is 10.1. The van der Waals surface area contributed by atoms with Crippen LogP contribution in [0.2, 0.25) is 0 Å². The van der Waals surface area contributed by atoms with Crippen LogP contribution in [-0.2, 0) is 0 Å². The van der Waals surface area contributed by atoms with Gasteiger partial charge in [-0.2, -0.15) is 0 Å². The van der Waals surface area contributed by atoms with Gasteiger partial charge < -0.3 is 5.73 Å². The summed E-state index contributed by atoms with van der Waals surface area (Å²) in [5, 5.41) is 6.69. The van der Waals surface area contributed by atoms with Crippen LogP contribution in [0, 0.1) is 12.3 Å². The lowest BCUT2D eigenvalue weighted by Crippen LogP contribution is -2.28. The van der Waals surface area contributed by atoms with Crippen LogP contribution in [0.5, 0.6) is 0 Å². The summed E-state index contributed by atoms with van der Waals surface area (Å²) in [6, 6.07) is 8.49. The summed E-state index contributed by atoms with van der Waals surface area (Å²) >= 11 is 1.74. The van der Waals surface area contributed by atoms with Gasteiger partial charge in [-0.05, 0) is 22.4 Å². The fourth-order valence-corrected chi connectivity index (χ4v) is 2.79.